The second-order valence-electron chi connectivity index (χ2n) is 21.8. The van der Waals surface area contributed by atoms with Gasteiger partial charge in [0.15, 0.2) is 0 Å². The van der Waals surface area contributed by atoms with E-state index in [0.29, 0.717) is 28.6 Å². The zero-order chi connectivity index (χ0) is 53.7. The summed E-state index contributed by atoms with van der Waals surface area (Å²) in [4.78, 5) is 42.1. The Kier molecular flexibility index (Phi) is 45.2. The summed E-state index contributed by atoms with van der Waals surface area (Å²) >= 11 is 0. The van der Waals surface area contributed by atoms with Crippen molar-refractivity contribution in [3.05, 3.63) is 34.9 Å². The van der Waals surface area contributed by atoms with Crippen molar-refractivity contribution in [1.29, 1.82) is 0 Å². The van der Waals surface area contributed by atoms with E-state index in [9.17, 15) is 9.59 Å². The predicted molar refractivity (Wildman–Crippen MR) is 307 cm³/mol. The van der Waals surface area contributed by atoms with E-state index in [1.807, 2.05) is 27.7 Å². The minimum atomic E-state index is -0.833. The standard InChI is InChI=1S/C25H44O2.C10H20.C9H12.2C3H7NO.2C2H4O2.2C2H6.3CH4/c1-16(27-26)17-11-13-24(5)18(15-17)7-8-19-20-9-10-22(23(2,3)4)25(20,6)14-12-21(19)24;1-5-10-8(3)6-7(2)9(10)4;1-7-4-8(2)6-9(3)5-7;2*1-3(5)4-2;1-4-2-3;1-2(3)4;2*1-2;;;/h16-22,26H,7-15H2,1-6H3;7-10H,5-6H2,1-4H3;4-6H,1-3H3;2*1-2H3,(H,4,5);2H,1H3;1H3,(H,3,4);2*1-2H3;3*1H4. The van der Waals surface area contributed by atoms with E-state index in [-0.39, 0.29) is 40.2 Å². The molecule has 10 nitrogen and oxygen atoms in total. The van der Waals surface area contributed by atoms with E-state index >= 15 is 0 Å². The number of carbonyl (C=O) groups excluding carboxylic acids is 3. The first kappa shape index (κ1) is 79.4. The zero-order valence-electron chi connectivity index (χ0n) is 48.3. The van der Waals surface area contributed by atoms with E-state index in [0.717, 1.165) is 60.2 Å². The third-order valence-corrected chi connectivity index (χ3v) is 16.3. The Labute approximate surface area is 441 Å². The third-order valence-electron chi connectivity index (χ3n) is 16.3. The number of carboxylic acid groups (broad SMARTS) is 1. The maximum Gasteiger partial charge on any atom is 0.300 e. The van der Waals surface area contributed by atoms with Crippen LogP contribution in [0.4, 0.5) is 0 Å². The highest BCUT2D eigenvalue weighted by molar-refractivity contribution is 5.72. The van der Waals surface area contributed by atoms with Crippen LogP contribution in [0.5, 0.6) is 0 Å². The van der Waals surface area contributed by atoms with Crippen molar-refractivity contribution >= 4 is 24.3 Å². The molecule has 6 rings (SSSR count). The molecule has 5 saturated carbocycles. The number of carbonyl (C=O) groups is 4. The molecule has 10 heteroatoms. The number of fused-ring (bicyclic) bond motifs is 5. The number of nitrogens with one attached hydrogen (secondary N) is 2. The van der Waals surface area contributed by atoms with Crippen molar-refractivity contribution < 1.29 is 39.2 Å². The number of carboxylic acids is 1. The number of aryl methyl sites for hydroxylation is 3. The van der Waals surface area contributed by atoms with Gasteiger partial charge < -0.3 is 20.5 Å². The Balaban J connectivity index is -0.000000200. The molecule has 1 aromatic rings. The van der Waals surface area contributed by atoms with Gasteiger partial charge in [0.25, 0.3) is 12.4 Å². The van der Waals surface area contributed by atoms with Crippen molar-refractivity contribution in [3.8, 4) is 0 Å². The number of benzene rings is 1. The summed E-state index contributed by atoms with van der Waals surface area (Å²) in [6.45, 7) is 43.2. The average molecular weight is 1010 g/mol. The van der Waals surface area contributed by atoms with Gasteiger partial charge in [0.2, 0.25) is 11.8 Å². The monoisotopic (exact) mass is 1010 g/mol. The third kappa shape index (κ3) is 27.2. The smallest absolute Gasteiger partial charge is 0.300 e. The molecule has 0 radical (unpaired) electrons. The molecule has 5 fully saturated rings. The van der Waals surface area contributed by atoms with Gasteiger partial charge in [-0.05, 0) is 167 Å². The van der Waals surface area contributed by atoms with E-state index in [1.165, 1.54) is 108 Å². The van der Waals surface area contributed by atoms with Crippen LogP contribution in [-0.4, -0.2) is 61.9 Å². The molecule has 13 atom stereocenters. The summed E-state index contributed by atoms with van der Waals surface area (Å²) in [5.74, 6) is 8.30. The Morgan fingerprint density at radius 2 is 1.14 bits per heavy atom. The van der Waals surface area contributed by atoms with Gasteiger partial charge in [-0.25, -0.2) is 4.89 Å². The Bertz CT molecular complexity index is 1460. The van der Waals surface area contributed by atoms with Crippen LogP contribution in [0.15, 0.2) is 18.2 Å². The number of ether oxygens (including phenoxy) is 1. The molecule has 0 heterocycles. The summed E-state index contributed by atoms with van der Waals surface area (Å²) in [6.07, 6.45) is 15.5. The topological polar surface area (TPSA) is 151 Å². The van der Waals surface area contributed by atoms with Crippen LogP contribution in [0.3, 0.4) is 0 Å². The number of amides is 2. The van der Waals surface area contributed by atoms with Crippen LogP contribution < -0.4 is 10.6 Å². The van der Waals surface area contributed by atoms with Crippen molar-refractivity contribution in [2.75, 3.05) is 21.2 Å². The number of methoxy groups -OCH3 is 1. The zero-order valence-corrected chi connectivity index (χ0v) is 48.3. The van der Waals surface area contributed by atoms with Gasteiger partial charge >= 0.3 is 0 Å². The number of rotatable bonds is 4. The minimum absolute atomic E-state index is 0. The van der Waals surface area contributed by atoms with Crippen LogP contribution in [0.25, 0.3) is 0 Å². The molecule has 0 bridgehead atoms. The van der Waals surface area contributed by atoms with E-state index in [1.54, 1.807) is 14.1 Å². The SMILES string of the molecule is C.C.C.CC.CC.CC(=O)O.CC(OO)C1CCC2(C)C(CCC3C2CCC2(C)C3CCC2C(C)(C)C)C1.CCC1C(C)CC(C)C1C.CNC(C)=O.CNC(C)=O.COC=O.Cc1cc(C)cc(C)c1. The lowest BCUT2D eigenvalue weighted by molar-refractivity contribution is -0.290. The first-order chi connectivity index (χ1) is 31.6. The Morgan fingerprint density at radius 1 is 0.746 bits per heavy atom. The lowest BCUT2D eigenvalue weighted by atomic mass is 9.43. The first-order valence-electron chi connectivity index (χ1n) is 26.5. The second kappa shape index (κ2) is 40.4. The maximum absolute atomic E-state index is 9.70. The van der Waals surface area contributed by atoms with Crippen molar-refractivity contribution in [2.45, 2.75) is 237 Å². The molecule has 0 aliphatic heterocycles. The molecule has 2 amide bonds. The molecule has 5 aliphatic rings. The molecule has 0 aromatic heterocycles. The highest BCUT2D eigenvalue weighted by Gasteiger charge is 2.61. The molecular weight excluding hydrogens is 889 g/mol. The van der Waals surface area contributed by atoms with Gasteiger partial charge in [-0.2, -0.15) is 0 Å². The quantitative estimate of drug-likeness (QED) is 0.132. The van der Waals surface area contributed by atoms with Gasteiger partial charge in [0.1, 0.15) is 0 Å². The van der Waals surface area contributed by atoms with Gasteiger partial charge in [-0.15, -0.1) is 0 Å². The Hall–Kier alpha value is -2.98. The number of hydrogen-bond acceptors (Lipinski definition) is 7. The fourth-order valence-corrected chi connectivity index (χ4v) is 13.1. The number of aliphatic carboxylic acids is 1. The van der Waals surface area contributed by atoms with Crippen LogP contribution in [-0.2, 0) is 28.8 Å². The highest BCUT2D eigenvalue weighted by Crippen LogP contribution is 2.69. The van der Waals surface area contributed by atoms with E-state index in [2.05, 4.69) is 124 Å². The van der Waals surface area contributed by atoms with Crippen LogP contribution in [0.1, 0.15) is 227 Å². The summed E-state index contributed by atoms with van der Waals surface area (Å²) in [5, 5.41) is 21.4. The Morgan fingerprint density at radius 3 is 1.45 bits per heavy atom. The van der Waals surface area contributed by atoms with Crippen molar-refractivity contribution in [3.63, 3.8) is 0 Å². The normalized spacial score (nSPS) is 29.2. The number of hydrogen-bond donors (Lipinski definition) is 4. The largest absolute Gasteiger partial charge is 0.481 e. The van der Waals surface area contributed by atoms with Crippen molar-refractivity contribution in [2.24, 2.45) is 75.4 Å². The highest BCUT2D eigenvalue weighted by atomic mass is 17.1. The summed E-state index contributed by atoms with van der Waals surface area (Å²) in [5.41, 5.74) is 5.64. The summed E-state index contributed by atoms with van der Waals surface area (Å²) in [6, 6.07) is 6.56. The van der Waals surface area contributed by atoms with Gasteiger partial charge in [0.05, 0.1) is 13.2 Å². The lowest BCUT2D eigenvalue weighted by Crippen LogP contribution is -2.54. The lowest BCUT2D eigenvalue weighted by Gasteiger charge is -2.62. The summed E-state index contributed by atoms with van der Waals surface area (Å²) in [7, 11) is 4.51. The second-order valence-corrected chi connectivity index (χ2v) is 21.8. The molecule has 1 aromatic carbocycles. The fraction of sp³-hybridized carbons (Fsp3) is 0.836. The van der Waals surface area contributed by atoms with E-state index in [4.69, 9.17) is 24.8 Å². The molecule has 424 valence electrons. The van der Waals surface area contributed by atoms with Gasteiger partial charge in [-0.3, -0.25) is 24.4 Å². The molecule has 0 spiro atoms. The van der Waals surface area contributed by atoms with Gasteiger partial charge in [0, 0.05) is 34.9 Å². The minimum Gasteiger partial charge on any atom is -0.481 e. The van der Waals surface area contributed by atoms with Crippen LogP contribution in [0.2, 0.25) is 0 Å². The molecule has 0 saturated heterocycles. The molecule has 71 heavy (non-hydrogen) atoms. The molecular formula is C61H122N2O8. The predicted octanol–water partition coefficient (Wildman–Crippen LogP) is 16.5. The summed E-state index contributed by atoms with van der Waals surface area (Å²) < 4.78 is 3.86. The molecule has 5 aliphatic carbocycles. The fourth-order valence-electron chi connectivity index (χ4n) is 13.1. The average Bonchev–Trinajstić information content (AvgIpc) is 3.77. The van der Waals surface area contributed by atoms with Crippen LogP contribution >= 0.6 is 0 Å². The van der Waals surface area contributed by atoms with E-state index < -0.39 is 5.97 Å². The molecule has 13 unspecified atom stereocenters. The first-order valence-corrected chi connectivity index (χ1v) is 26.5. The maximum atomic E-state index is 9.70. The van der Waals surface area contributed by atoms with Crippen molar-refractivity contribution in [1.82, 2.24) is 10.6 Å². The molecule has 4 N–H and O–H groups in total. The van der Waals surface area contributed by atoms with Gasteiger partial charge in [-0.1, -0.05) is 154 Å². The van der Waals surface area contributed by atoms with Crippen LogP contribution in [0, 0.1) is 96.2 Å².